The van der Waals surface area contributed by atoms with E-state index in [1.54, 1.807) is 48.5 Å². The summed E-state index contributed by atoms with van der Waals surface area (Å²) in [6.07, 6.45) is 21.7. The highest BCUT2D eigenvalue weighted by Gasteiger charge is 2.43. The van der Waals surface area contributed by atoms with Crippen LogP contribution in [0.3, 0.4) is 0 Å². The number of rotatable bonds is 12. The number of benzene rings is 10. The van der Waals surface area contributed by atoms with Crippen molar-refractivity contribution in [2.24, 2.45) is 27.1 Å². The maximum absolute atomic E-state index is 14.8. The van der Waals surface area contributed by atoms with Crippen molar-refractivity contribution in [1.29, 1.82) is 0 Å². The Labute approximate surface area is 561 Å². The molecule has 0 unspecified atom stereocenters. The Balaban J connectivity index is 0.600. The first kappa shape index (κ1) is 61.6. The van der Waals surface area contributed by atoms with E-state index in [2.05, 4.69) is 79.7 Å². The van der Waals surface area contributed by atoms with Gasteiger partial charge in [0.15, 0.2) is 0 Å². The van der Waals surface area contributed by atoms with Gasteiger partial charge in [0.2, 0.25) is 0 Å². The lowest BCUT2D eigenvalue weighted by Crippen LogP contribution is -2.45. The summed E-state index contributed by atoms with van der Waals surface area (Å²) in [7, 11) is 0. The van der Waals surface area contributed by atoms with Crippen LogP contribution in [0, 0.1) is 27.1 Å². The number of hydrogen-bond acceptors (Lipinski definition) is 9. The first-order valence-electron chi connectivity index (χ1n) is 33.6. The molecule has 0 fully saturated rings. The molecule has 0 atom stereocenters. The van der Waals surface area contributed by atoms with Gasteiger partial charge in [0, 0.05) is 119 Å². The smallest absolute Gasteiger partial charge is 0.265 e. The molecule has 0 N–H and O–H groups in total. The average molecular weight is 1280 g/mol. The molecule has 0 aromatic heterocycles. The van der Waals surface area contributed by atoms with Crippen LogP contribution in [0.1, 0.15) is 185 Å². The zero-order valence-corrected chi connectivity index (χ0v) is 56.7. The molecule has 0 spiro atoms. The van der Waals surface area contributed by atoms with Crippen LogP contribution in [0.15, 0.2) is 169 Å². The lowest BCUT2D eigenvalue weighted by Gasteiger charge is -2.36. The minimum absolute atomic E-state index is 0.138. The summed E-state index contributed by atoms with van der Waals surface area (Å²) >= 11 is 0. The quantitative estimate of drug-likeness (QED) is 0.0502. The van der Waals surface area contributed by atoms with Gasteiger partial charge in [0.25, 0.3) is 47.3 Å². The first-order chi connectivity index (χ1) is 45.8. The highest BCUT2D eigenvalue weighted by atomic mass is 16.5. The predicted octanol–water partition coefficient (Wildman–Crippen LogP) is 18.0. The van der Waals surface area contributed by atoms with Gasteiger partial charge in [-0.05, 0) is 164 Å². The Morgan fingerprint density at radius 2 is 0.608 bits per heavy atom. The van der Waals surface area contributed by atoms with E-state index in [-0.39, 0.29) is 47.5 Å². The molecule has 0 saturated carbocycles. The number of ether oxygens (including phenoxy) is 1. The minimum Gasteiger partial charge on any atom is -0.376 e. The van der Waals surface area contributed by atoms with Crippen LogP contribution in [0.4, 0.5) is 0 Å². The molecule has 8 amide bonds. The zero-order chi connectivity index (χ0) is 68.3. The molecule has 13 nitrogen and oxygen atoms in total. The van der Waals surface area contributed by atoms with Crippen LogP contribution < -0.4 is 0 Å². The topological polar surface area (TPSA) is 159 Å². The van der Waals surface area contributed by atoms with E-state index in [1.165, 1.54) is 19.6 Å². The van der Waals surface area contributed by atoms with Gasteiger partial charge in [-0.3, -0.25) is 48.2 Å². The second-order valence-corrected chi connectivity index (χ2v) is 31.5. The summed E-state index contributed by atoms with van der Waals surface area (Å²) in [6.45, 7) is 25.2. The van der Waals surface area contributed by atoms with E-state index in [9.17, 15) is 38.4 Å². The molecule has 16 rings (SSSR count). The number of imide groups is 4. The summed E-state index contributed by atoms with van der Waals surface area (Å²) in [6, 6.07) is 29.8. The van der Waals surface area contributed by atoms with E-state index >= 15 is 0 Å². The normalized spacial score (nSPS) is 19.0. The SMILES string of the molecule is CC1(C)C=CC(N2C(=O)c3ccc4c5ccc6c7c(ccc(c8ccc(c3c48)C2=O)c75)C(=O)N(CCCC(C)(C)OCCC(C)(C)CN2C(=O)c3ccc4c5ccc7c8c(ccc(c9ccc(c3c49)C2=O)c85)C(=O)N(C2=CC(C)(C)C=CC(C)(C)C=C2)C7=O)C6=O)=CC(C)(C)C=C1. The number of hydrogen-bond donors (Lipinski definition) is 0. The molecule has 10 aromatic carbocycles. The molecule has 0 radical (unpaired) electrons. The van der Waals surface area contributed by atoms with E-state index in [0.717, 1.165) is 64.6 Å². The molecule has 0 bridgehead atoms. The van der Waals surface area contributed by atoms with Crippen LogP contribution in [-0.4, -0.2) is 92.2 Å². The van der Waals surface area contributed by atoms with Gasteiger partial charge in [-0.15, -0.1) is 0 Å². The highest BCUT2D eigenvalue weighted by molar-refractivity contribution is 6.43. The van der Waals surface area contributed by atoms with Crippen molar-refractivity contribution in [3.8, 4) is 0 Å². The standard InChI is InChI=1S/C84H74N4O9/c1-79(2)33-30-45(42-81(5,6)37-35-79)87-75(93)59-26-18-51-47-14-22-55-67-56(23-15-48(63(47)67)52-19-27-60(76(87)94)69(59)65(51)52)72(90)85(71(55)89)40-13-32-84(11,12)97-41-39-83(9,10)44-86-73(91)57-24-16-49-53-20-28-61-70-62(29-21-54(66(53)70)50-17-25-58(74(86)92)68(57)64(49)50)78(96)88(77(61)95)46-31-34-80(3,4)36-38-82(7,8)43-46/h14-31,33-38,42-43H,13,32,39-41,44H2,1-12H3. The largest absolute Gasteiger partial charge is 0.376 e. The molecule has 97 heavy (non-hydrogen) atoms. The number of allylic oxidation sites excluding steroid dienone is 10. The van der Waals surface area contributed by atoms with Crippen molar-refractivity contribution in [2.45, 2.75) is 108 Å². The van der Waals surface area contributed by atoms with Gasteiger partial charge in [0.1, 0.15) is 0 Å². The van der Waals surface area contributed by atoms with Crippen molar-refractivity contribution < 1.29 is 43.1 Å². The number of fused-ring (bicyclic) bond motifs is 4. The second kappa shape index (κ2) is 20.6. The molecule has 10 aromatic rings. The van der Waals surface area contributed by atoms with Crippen molar-refractivity contribution in [2.75, 3.05) is 19.7 Å². The molecule has 484 valence electrons. The minimum atomic E-state index is -0.662. The van der Waals surface area contributed by atoms with Crippen LogP contribution in [0.25, 0.3) is 86.2 Å². The van der Waals surface area contributed by atoms with Gasteiger partial charge in [-0.1, -0.05) is 166 Å². The fourth-order valence-corrected chi connectivity index (χ4v) is 16.1. The third-order valence-corrected chi connectivity index (χ3v) is 21.3. The molecule has 4 aliphatic heterocycles. The summed E-state index contributed by atoms with van der Waals surface area (Å²) < 4.78 is 6.57. The molecule has 4 heterocycles. The summed E-state index contributed by atoms with van der Waals surface area (Å²) in [5.74, 6) is -3.10. The van der Waals surface area contributed by atoms with Crippen LogP contribution in [0.2, 0.25) is 0 Å². The number of amides is 8. The molecule has 0 saturated heterocycles. The van der Waals surface area contributed by atoms with Crippen molar-refractivity contribution >= 4 is 133 Å². The molecule has 13 heteroatoms. The number of nitrogens with zero attached hydrogens (tertiary/aromatic N) is 4. The van der Waals surface area contributed by atoms with Gasteiger partial charge < -0.3 is 4.74 Å². The summed E-state index contributed by atoms with van der Waals surface area (Å²) in [5, 5.41) is 12.1. The van der Waals surface area contributed by atoms with Crippen LogP contribution >= 0.6 is 0 Å². The lowest BCUT2D eigenvalue weighted by atomic mass is 9.81. The van der Waals surface area contributed by atoms with E-state index in [0.29, 0.717) is 103 Å². The van der Waals surface area contributed by atoms with Crippen molar-refractivity contribution in [1.82, 2.24) is 19.6 Å². The summed E-state index contributed by atoms with van der Waals surface area (Å²) in [4.78, 5) is 123. The third-order valence-electron chi connectivity index (χ3n) is 21.3. The molecule has 2 aliphatic carbocycles. The van der Waals surface area contributed by atoms with Crippen LogP contribution in [0.5, 0.6) is 0 Å². The fraction of sp³-hybridized carbons (Fsp3) is 0.286. The van der Waals surface area contributed by atoms with E-state index in [1.807, 2.05) is 113 Å². The van der Waals surface area contributed by atoms with Gasteiger partial charge in [-0.2, -0.15) is 0 Å². The summed E-state index contributed by atoms with van der Waals surface area (Å²) in [5.41, 5.74) is 1.80. The van der Waals surface area contributed by atoms with Gasteiger partial charge >= 0.3 is 0 Å². The maximum Gasteiger partial charge on any atom is 0.265 e. The first-order valence-corrected chi connectivity index (χ1v) is 33.6. The van der Waals surface area contributed by atoms with Crippen molar-refractivity contribution in [3.05, 3.63) is 214 Å². The molecular weight excluding hydrogens is 1210 g/mol. The molecular formula is C84H74N4O9. The monoisotopic (exact) mass is 1280 g/mol. The lowest BCUT2D eigenvalue weighted by molar-refractivity contribution is -0.0378. The Morgan fingerprint density at radius 3 is 0.918 bits per heavy atom. The van der Waals surface area contributed by atoms with E-state index in [4.69, 9.17) is 4.74 Å². The van der Waals surface area contributed by atoms with E-state index < -0.39 is 45.5 Å². The van der Waals surface area contributed by atoms with Gasteiger partial charge in [-0.25, -0.2) is 9.80 Å². The average Bonchev–Trinajstić information content (AvgIpc) is 0.696. The molecule has 6 aliphatic rings. The van der Waals surface area contributed by atoms with Crippen LogP contribution in [-0.2, 0) is 4.74 Å². The Morgan fingerprint density at radius 1 is 0.330 bits per heavy atom. The Hall–Kier alpha value is -10.2. The second-order valence-electron chi connectivity index (χ2n) is 31.5. The maximum atomic E-state index is 14.8. The zero-order valence-electron chi connectivity index (χ0n) is 56.7. The number of carbonyl (C=O) groups excluding carboxylic acids is 8. The van der Waals surface area contributed by atoms with Gasteiger partial charge in [0.05, 0.1) is 5.60 Å². The fourth-order valence-electron chi connectivity index (χ4n) is 16.1. The van der Waals surface area contributed by atoms with Crippen molar-refractivity contribution in [3.63, 3.8) is 0 Å². The highest BCUT2D eigenvalue weighted by Crippen LogP contribution is 2.50. The predicted molar refractivity (Wildman–Crippen MR) is 383 cm³/mol. The Kier molecular flexibility index (Phi) is 13.1. The number of carbonyl (C=O) groups is 8. The third kappa shape index (κ3) is 9.34. The Bertz CT molecular complexity index is 5340.